The fourth-order valence-corrected chi connectivity index (χ4v) is 6.13. The molecule has 2 N–H and O–H groups in total. The summed E-state index contributed by atoms with van der Waals surface area (Å²) in [7, 11) is 0.0902. The van der Waals surface area contributed by atoms with Gasteiger partial charge in [0.05, 0.1) is 16.5 Å². The van der Waals surface area contributed by atoms with Crippen LogP contribution in [0.4, 0.5) is 11.4 Å². The fourth-order valence-electron chi connectivity index (χ4n) is 4.38. The molecule has 2 aromatic carbocycles. The number of piperidine rings is 1. The lowest BCUT2D eigenvalue weighted by Gasteiger charge is -2.32. The Morgan fingerprint density at radius 1 is 1.23 bits per heavy atom. The largest absolute Gasteiger partial charge is 0.479 e. The molecule has 0 bridgehead atoms. The predicted octanol–water partition coefficient (Wildman–Crippen LogP) is 2.50. The summed E-state index contributed by atoms with van der Waals surface area (Å²) in [5.74, 6) is -0.518. The van der Waals surface area contributed by atoms with Gasteiger partial charge in [-0.25, -0.2) is 8.42 Å². The quantitative estimate of drug-likeness (QED) is 0.631. The van der Waals surface area contributed by atoms with Gasteiger partial charge in [-0.15, -0.1) is 0 Å². The number of nitrogens with one attached hydrogen (secondary N) is 2. The fraction of sp³-hybridized carbons (Fsp3) is 0.440. The molecule has 2 amide bonds. The van der Waals surface area contributed by atoms with Gasteiger partial charge in [0.2, 0.25) is 15.9 Å². The maximum absolute atomic E-state index is 13.5. The number of sulfonamides is 1. The first kappa shape index (κ1) is 25.0. The summed E-state index contributed by atoms with van der Waals surface area (Å²) >= 11 is 0. The average Bonchev–Trinajstić information content (AvgIpc) is 2.83. The van der Waals surface area contributed by atoms with Crippen LogP contribution in [0.25, 0.3) is 0 Å². The Morgan fingerprint density at radius 2 is 1.94 bits per heavy atom. The van der Waals surface area contributed by atoms with Crippen LogP contribution in [-0.4, -0.2) is 57.8 Å². The number of ether oxygens (including phenoxy) is 1. The van der Waals surface area contributed by atoms with Crippen molar-refractivity contribution in [3.8, 4) is 5.75 Å². The Labute approximate surface area is 206 Å². The van der Waals surface area contributed by atoms with Crippen molar-refractivity contribution < 1.29 is 22.7 Å². The molecule has 0 saturated carbocycles. The van der Waals surface area contributed by atoms with Crippen LogP contribution in [0, 0.1) is 12.8 Å². The molecule has 2 unspecified atom stereocenters. The predicted molar refractivity (Wildman–Crippen MR) is 134 cm³/mol. The number of fused-ring (bicyclic) bond motifs is 1. The molecule has 2 aliphatic rings. The Balaban J connectivity index is 1.45. The molecule has 0 spiro atoms. The lowest BCUT2D eigenvalue weighted by Crippen LogP contribution is -2.45. The second-order valence-corrected chi connectivity index (χ2v) is 11.3. The minimum Gasteiger partial charge on any atom is -0.479 e. The van der Waals surface area contributed by atoms with Crippen LogP contribution >= 0.6 is 0 Å². The number of nitrogens with zero attached hydrogens (tertiary/aromatic N) is 2. The maximum Gasteiger partial charge on any atom is 0.265 e. The molecular formula is C25H32N4O5S. The SMILES string of the molecule is Cc1cc2c(cc1S(=O)(=O)N1CCCC(C(=O)NCc3ccc(N(C)C)cc3)C1)OC(C)C(=O)N2. The number of hydrogen-bond donors (Lipinski definition) is 2. The molecule has 188 valence electrons. The van der Waals surface area contributed by atoms with Gasteiger partial charge in [-0.1, -0.05) is 12.1 Å². The van der Waals surface area contributed by atoms with Crippen LogP contribution in [0.5, 0.6) is 5.75 Å². The molecule has 35 heavy (non-hydrogen) atoms. The highest BCUT2D eigenvalue weighted by atomic mass is 32.2. The highest BCUT2D eigenvalue weighted by molar-refractivity contribution is 7.89. The van der Waals surface area contributed by atoms with E-state index in [0.29, 0.717) is 42.9 Å². The first-order valence-corrected chi connectivity index (χ1v) is 13.2. The zero-order valence-electron chi connectivity index (χ0n) is 20.5. The summed E-state index contributed by atoms with van der Waals surface area (Å²) in [6, 6.07) is 11.0. The highest BCUT2D eigenvalue weighted by Gasteiger charge is 2.35. The molecule has 10 heteroatoms. The Hall–Kier alpha value is -3.11. The van der Waals surface area contributed by atoms with Crippen LogP contribution in [0.1, 0.15) is 30.9 Å². The Morgan fingerprint density at radius 3 is 2.63 bits per heavy atom. The third-order valence-corrected chi connectivity index (χ3v) is 8.51. The molecule has 0 aromatic heterocycles. The van der Waals surface area contributed by atoms with Gasteiger partial charge in [-0.2, -0.15) is 4.31 Å². The number of hydrogen-bond acceptors (Lipinski definition) is 6. The molecule has 4 rings (SSSR count). The number of anilines is 2. The first-order chi connectivity index (χ1) is 16.6. The van der Waals surface area contributed by atoms with E-state index in [1.165, 1.54) is 10.4 Å². The van der Waals surface area contributed by atoms with E-state index in [0.717, 1.165) is 11.3 Å². The average molecular weight is 501 g/mol. The van der Waals surface area contributed by atoms with Crippen molar-refractivity contribution in [2.24, 2.45) is 5.92 Å². The van der Waals surface area contributed by atoms with E-state index in [2.05, 4.69) is 10.6 Å². The van der Waals surface area contributed by atoms with E-state index in [-0.39, 0.29) is 23.3 Å². The zero-order chi connectivity index (χ0) is 25.3. The molecule has 2 aromatic rings. The number of carbonyl (C=O) groups is 2. The molecule has 0 aliphatic carbocycles. The molecule has 2 heterocycles. The minimum absolute atomic E-state index is 0.123. The first-order valence-electron chi connectivity index (χ1n) is 11.7. The van der Waals surface area contributed by atoms with Crippen molar-refractivity contribution in [2.45, 2.75) is 44.2 Å². The summed E-state index contributed by atoms with van der Waals surface area (Å²) < 4.78 is 34.0. The number of benzene rings is 2. The van der Waals surface area contributed by atoms with Gasteiger partial charge in [0.15, 0.2) is 6.10 Å². The van der Waals surface area contributed by atoms with Gasteiger partial charge in [-0.05, 0) is 56.0 Å². The van der Waals surface area contributed by atoms with Gasteiger partial charge >= 0.3 is 0 Å². The van der Waals surface area contributed by atoms with E-state index >= 15 is 0 Å². The lowest BCUT2D eigenvalue weighted by atomic mass is 9.98. The highest BCUT2D eigenvalue weighted by Crippen LogP contribution is 2.36. The Kier molecular flexibility index (Phi) is 7.05. The van der Waals surface area contributed by atoms with Crippen LogP contribution in [-0.2, 0) is 26.2 Å². The van der Waals surface area contributed by atoms with E-state index in [1.807, 2.05) is 43.3 Å². The molecule has 2 aliphatic heterocycles. The van der Waals surface area contributed by atoms with Crippen molar-refractivity contribution in [1.82, 2.24) is 9.62 Å². The molecule has 1 saturated heterocycles. The smallest absolute Gasteiger partial charge is 0.265 e. The number of amides is 2. The summed E-state index contributed by atoms with van der Waals surface area (Å²) in [5.41, 5.74) is 3.03. The summed E-state index contributed by atoms with van der Waals surface area (Å²) in [6.45, 7) is 4.16. The van der Waals surface area contributed by atoms with Crippen LogP contribution < -0.4 is 20.3 Å². The third kappa shape index (κ3) is 5.28. The Bertz CT molecular complexity index is 1230. The third-order valence-electron chi connectivity index (χ3n) is 6.50. The lowest BCUT2D eigenvalue weighted by molar-refractivity contribution is -0.126. The second kappa shape index (κ2) is 9.87. The van der Waals surface area contributed by atoms with Crippen molar-refractivity contribution in [3.05, 3.63) is 47.5 Å². The van der Waals surface area contributed by atoms with Gasteiger partial charge in [0, 0.05) is 45.5 Å². The van der Waals surface area contributed by atoms with E-state index in [1.54, 1.807) is 19.9 Å². The van der Waals surface area contributed by atoms with Crippen LogP contribution in [0.15, 0.2) is 41.3 Å². The van der Waals surface area contributed by atoms with Gasteiger partial charge < -0.3 is 20.3 Å². The zero-order valence-corrected chi connectivity index (χ0v) is 21.3. The number of aryl methyl sites for hydroxylation is 1. The summed E-state index contributed by atoms with van der Waals surface area (Å²) in [6.07, 6.45) is 0.526. The van der Waals surface area contributed by atoms with Gasteiger partial charge in [0.1, 0.15) is 5.75 Å². The van der Waals surface area contributed by atoms with Crippen molar-refractivity contribution in [3.63, 3.8) is 0 Å². The molecular weight excluding hydrogens is 468 g/mol. The van der Waals surface area contributed by atoms with E-state index in [9.17, 15) is 18.0 Å². The molecule has 2 atom stereocenters. The van der Waals surface area contributed by atoms with E-state index in [4.69, 9.17) is 4.74 Å². The molecule has 0 radical (unpaired) electrons. The summed E-state index contributed by atoms with van der Waals surface area (Å²) in [5, 5.41) is 5.70. The second-order valence-electron chi connectivity index (χ2n) is 9.34. The monoisotopic (exact) mass is 500 g/mol. The van der Waals surface area contributed by atoms with Crippen LogP contribution in [0.2, 0.25) is 0 Å². The van der Waals surface area contributed by atoms with Crippen molar-refractivity contribution >= 4 is 33.2 Å². The topological polar surface area (TPSA) is 108 Å². The molecule has 1 fully saturated rings. The normalized spacial score (nSPS) is 20.4. The van der Waals surface area contributed by atoms with Crippen molar-refractivity contribution in [2.75, 3.05) is 37.4 Å². The number of rotatable bonds is 6. The van der Waals surface area contributed by atoms with Crippen molar-refractivity contribution in [1.29, 1.82) is 0 Å². The maximum atomic E-state index is 13.5. The summed E-state index contributed by atoms with van der Waals surface area (Å²) in [4.78, 5) is 26.9. The molecule has 9 nitrogen and oxygen atoms in total. The van der Waals surface area contributed by atoms with Gasteiger partial charge in [-0.3, -0.25) is 9.59 Å². The minimum atomic E-state index is -3.85. The van der Waals surface area contributed by atoms with Gasteiger partial charge in [0.25, 0.3) is 5.91 Å². The standard InChI is InChI=1S/C25H32N4O5S/c1-16-12-21-22(34-17(2)24(30)27-21)13-23(16)35(32,33)29-11-5-6-19(15-29)25(31)26-14-18-7-9-20(10-8-18)28(3)4/h7-10,12-13,17,19H,5-6,11,14-15H2,1-4H3,(H,26,31)(H,27,30). The number of carbonyl (C=O) groups excluding carboxylic acids is 2. The van der Waals surface area contributed by atoms with Crippen LogP contribution in [0.3, 0.4) is 0 Å². The van der Waals surface area contributed by atoms with E-state index < -0.39 is 22.0 Å².